The highest BCUT2D eigenvalue weighted by atomic mass is 16.6. The van der Waals surface area contributed by atoms with Gasteiger partial charge in [0, 0.05) is 0 Å². The van der Waals surface area contributed by atoms with Crippen molar-refractivity contribution in [2.45, 2.75) is 53.4 Å². The summed E-state index contributed by atoms with van der Waals surface area (Å²) in [5, 5.41) is 3.87. The molecule has 78 valence electrons. The lowest BCUT2D eigenvalue weighted by molar-refractivity contribution is 0.139. The van der Waals surface area contributed by atoms with Crippen molar-refractivity contribution in [1.29, 1.82) is 0 Å². The Morgan fingerprint density at radius 3 is 2.38 bits per heavy atom. The lowest BCUT2D eigenvalue weighted by Crippen LogP contribution is -1.92. The highest BCUT2D eigenvalue weighted by Gasteiger charge is 1.94. The fraction of sp³-hybridized carbons (Fsp3) is 0.909. The van der Waals surface area contributed by atoms with Crippen LogP contribution < -0.4 is 0 Å². The summed E-state index contributed by atoms with van der Waals surface area (Å²) in [5.74, 6) is 0.830. The van der Waals surface area contributed by atoms with Crippen molar-refractivity contribution in [3.8, 4) is 0 Å². The third kappa shape index (κ3) is 11.5. The maximum absolute atomic E-state index is 5.09. The van der Waals surface area contributed by atoms with Gasteiger partial charge in [0.05, 0.1) is 5.71 Å². The van der Waals surface area contributed by atoms with E-state index >= 15 is 0 Å². The third-order valence-corrected chi connectivity index (χ3v) is 1.76. The molecule has 0 aliphatic carbocycles. The highest BCUT2D eigenvalue weighted by Crippen LogP contribution is 2.07. The van der Waals surface area contributed by atoms with Crippen LogP contribution in [0.1, 0.15) is 53.4 Å². The quantitative estimate of drug-likeness (QED) is 0.337. The van der Waals surface area contributed by atoms with E-state index in [4.69, 9.17) is 4.84 Å². The van der Waals surface area contributed by atoms with E-state index < -0.39 is 0 Å². The molecule has 0 unspecified atom stereocenters. The van der Waals surface area contributed by atoms with E-state index in [9.17, 15) is 0 Å². The van der Waals surface area contributed by atoms with Crippen LogP contribution in [0.15, 0.2) is 5.16 Å². The van der Waals surface area contributed by atoms with Gasteiger partial charge in [-0.1, -0.05) is 31.8 Å². The first-order valence-corrected chi connectivity index (χ1v) is 5.26. The lowest BCUT2D eigenvalue weighted by Gasteiger charge is -2.03. The zero-order valence-electron chi connectivity index (χ0n) is 9.47. The maximum atomic E-state index is 5.09. The molecule has 0 aromatic rings. The smallest absolute Gasteiger partial charge is 0.117 e. The van der Waals surface area contributed by atoms with Crippen molar-refractivity contribution in [2.24, 2.45) is 11.1 Å². The first kappa shape index (κ1) is 12.5. The van der Waals surface area contributed by atoms with Gasteiger partial charge in [0.1, 0.15) is 6.61 Å². The van der Waals surface area contributed by atoms with Gasteiger partial charge in [-0.2, -0.15) is 0 Å². The number of nitrogens with zero attached hydrogens (tertiary/aromatic N) is 1. The molecular weight excluding hydrogens is 162 g/mol. The summed E-state index contributed by atoms with van der Waals surface area (Å²) >= 11 is 0. The molecule has 0 aliphatic rings. The van der Waals surface area contributed by atoms with Crippen LogP contribution >= 0.6 is 0 Å². The maximum Gasteiger partial charge on any atom is 0.117 e. The number of hydrogen-bond acceptors (Lipinski definition) is 2. The predicted octanol–water partition coefficient (Wildman–Crippen LogP) is 3.62. The zero-order valence-corrected chi connectivity index (χ0v) is 9.47. The van der Waals surface area contributed by atoms with Crippen LogP contribution in [0.2, 0.25) is 0 Å². The molecule has 2 nitrogen and oxygen atoms in total. The Morgan fingerprint density at radius 2 is 1.85 bits per heavy atom. The van der Waals surface area contributed by atoms with E-state index in [-0.39, 0.29) is 0 Å². The molecule has 0 saturated carbocycles. The van der Waals surface area contributed by atoms with Crippen LogP contribution in [0.25, 0.3) is 0 Å². The van der Waals surface area contributed by atoms with Crippen molar-refractivity contribution in [3.05, 3.63) is 0 Å². The summed E-state index contributed by atoms with van der Waals surface area (Å²) < 4.78 is 0. The minimum Gasteiger partial charge on any atom is -0.396 e. The van der Waals surface area contributed by atoms with Crippen LogP contribution in [0.3, 0.4) is 0 Å². The number of oxime groups is 1. The van der Waals surface area contributed by atoms with Crippen LogP contribution in [-0.4, -0.2) is 12.3 Å². The number of hydrogen-bond donors (Lipinski definition) is 0. The zero-order chi connectivity index (χ0) is 10.1. The summed E-state index contributed by atoms with van der Waals surface area (Å²) in [4.78, 5) is 5.09. The molecule has 0 aromatic carbocycles. The molecule has 0 saturated heterocycles. The SMILES string of the molecule is CC(C)=NOCCCCCC(C)C. The molecule has 0 N–H and O–H groups in total. The Morgan fingerprint density at radius 1 is 1.15 bits per heavy atom. The van der Waals surface area contributed by atoms with Crippen molar-refractivity contribution in [3.63, 3.8) is 0 Å². The third-order valence-electron chi connectivity index (χ3n) is 1.76. The van der Waals surface area contributed by atoms with Crippen LogP contribution in [0.4, 0.5) is 0 Å². The first-order chi connectivity index (χ1) is 6.13. The molecule has 0 heterocycles. The fourth-order valence-electron chi connectivity index (χ4n) is 1.07. The van der Waals surface area contributed by atoms with Gasteiger partial charge in [-0.05, 0) is 32.6 Å². The van der Waals surface area contributed by atoms with E-state index in [0.29, 0.717) is 0 Å². The standard InChI is InChI=1S/C11H23NO/c1-10(2)8-6-5-7-9-13-12-11(3)4/h10H,5-9H2,1-4H3. The normalized spacial score (nSPS) is 10.2. The highest BCUT2D eigenvalue weighted by molar-refractivity contribution is 5.78. The van der Waals surface area contributed by atoms with E-state index in [2.05, 4.69) is 19.0 Å². The van der Waals surface area contributed by atoms with Gasteiger partial charge in [0.15, 0.2) is 0 Å². The molecule has 0 radical (unpaired) electrons. The first-order valence-electron chi connectivity index (χ1n) is 5.26. The number of unbranched alkanes of at least 4 members (excludes halogenated alkanes) is 2. The summed E-state index contributed by atoms with van der Waals surface area (Å²) in [6.07, 6.45) is 5.03. The molecule has 0 bridgehead atoms. The van der Waals surface area contributed by atoms with Crippen molar-refractivity contribution >= 4 is 5.71 Å². The Hall–Kier alpha value is -0.530. The van der Waals surface area contributed by atoms with E-state index in [1.807, 2.05) is 13.8 Å². The predicted molar refractivity (Wildman–Crippen MR) is 58.0 cm³/mol. The molecule has 0 aromatic heterocycles. The topological polar surface area (TPSA) is 21.6 Å². The minimum atomic E-state index is 0.767. The minimum absolute atomic E-state index is 0.767. The Bertz CT molecular complexity index is 137. The summed E-state index contributed by atoms with van der Waals surface area (Å²) in [7, 11) is 0. The molecular formula is C11H23NO. The van der Waals surface area contributed by atoms with Crippen molar-refractivity contribution in [2.75, 3.05) is 6.61 Å². The van der Waals surface area contributed by atoms with Crippen molar-refractivity contribution < 1.29 is 4.84 Å². The molecule has 0 rings (SSSR count). The Balaban J connectivity index is 3.04. The molecule has 0 atom stereocenters. The molecule has 0 spiro atoms. The average Bonchev–Trinajstić information content (AvgIpc) is 2.01. The second-order valence-electron chi connectivity index (χ2n) is 4.11. The molecule has 13 heavy (non-hydrogen) atoms. The van der Waals surface area contributed by atoms with Gasteiger partial charge in [0.2, 0.25) is 0 Å². The van der Waals surface area contributed by atoms with Gasteiger partial charge in [-0.3, -0.25) is 0 Å². The van der Waals surface area contributed by atoms with E-state index in [1.54, 1.807) is 0 Å². The summed E-state index contributed by atoms with van der Waals surface area (Å²) in [5.41, 5.74) is 0.988. The molecule has 0 fully saturated rings. The second kappa shape index (κ2) is 8.09. The van der Waals surface area contributed by atoms with E-state index in [0.717, 1.165) is 24.7 Å². The van der Waals surface area contributed by atoms with Gasteiger partial charge < -0.3 is 4.84 Å². The Kier molecular flexibility index (Phi) is 7.76. The molecule has 2 heteroatoms. The van der Waals surface area contributed by atoms with Crippen LogP contribution in [0, 0.1) is 5.92 Å². The van der Waals surface area contributed by atoms with Gasteiger partial charge in [0.25, 0.3) is 0 Å². The monoisotopic (exact) mass is 185 g/mol. The van der Waals surface area contributed by atoms with Crippen LogP contribution in [0.5, 0.6) is 0 Å². The largest absolute Gasteiger partial charge is 0.396 e. The summed E-state index contributed by atoms with van der Waals surface area (Å²) in [6.45, 7) is 9.18. The lowest BCUT2D eigenvalue weighted by atomic mass is 10.1. The number of rotatable bonds is 7. The van der Waals surface area contributed by atoms with Crippen LogP contribution in [-0.2, 0) is 4.84 Å². The second-order valence-corrected chi connectivity index (χ2v) is 4.11. The van der Waals surface area contributed by atoms with Crippen molar-refractivity contribution in [1.82, 2.24) is 0 Å². The molecule has 0 amide bonds. The van der Waals surface area contributed by atoms with E-state index in [1.165, 1.54) is 19.3 Å². The average molecular weight is 185 g/mol. The van der Waals surface area contributed by atoms with Gasteiger partial charge in [-0.15, -0.1) is 0 Å². The van der Waals surface area contributed by atoms with Gasteiger partial charge in [-0.25, -0.2) is 0 Å². The fourth-order valence-corrected chi connectivity index (χ4v) is 1.07. The summed E-state index contributed by atoms with van der Waals surface area (Å²) in [6, 6.07) is 0. The Labute approximate surface area is 82.4 Å². The molecule has 0 aliphatic heterocycles. The van der Waals surface area contributed by atoms with Gasteiger partial charge >= 0.3 is 0 Å².